The monoisotopic (exact) mass is 295 g/mol. The van der Waals surface area contributed by atoms with Gasteiger partial charge in [-0.3, -0.25) is 0 Å². The zero-order valence-corrected chi connectivity index (χ0v) is 12.8. The molecule has 0 aromatic heterocycles. The Hall–Kier alpha value is -2.33. The van der Waals surface area contributed by atoms with E-state index in [0.717, 1.165) is 37.3 Å². The molecule has 1 aliphatic heterocycles. The molecule has 1 heterocycles. The minimum Gasteiger partial charge on any atom is -0.410 e. The van der Waals surface area contributed by atoms with E-state index >= 15 is 0 Å². The van der Waals surface area contributed by atoms with Crippen LogP contribution < -0.4 is 4.90 Å². The first kappa shape index (κ1) is 14.6. The van der Waals surface area contributed by atoms with Gasteiger partial charge in [0.25, 0.3) is 0 Å². The zero-order valence-electron chi connectivity index (χ0n) is 12.8. The van der Waals surface area contributed by atoms with Crippen LogP contribution in [0.4, 0.5) is 5.69 Å². The summed E-state index contributed by atoms with van der Waals surface area (Å²) in [5.41, 5.74) is 3.66. The van der Waals surface area contributed by atoms with Crippen molar-refractivity contribution in [1.82, 2.24) is 4.90 Å². The first-order valence-corrected chi connectivity index (χ1v) is 7.59. The molecule has 22 heavy (non-hydrogen) atoms. The van der Waals surface area contributed by atoms with E-state index in [2.05, 4.69) is 34.1 Å². The zero-order chi connectivity index (χ0) is 15.4. The third kappa shape index (κ3) is 3.12. The van der Waals surface area contributed by atoms with Crippen molar-refractivity contribution in [1.29, 1.82) is 0 Å². The van der Waals surface area contributed by atoms with Crippen molar-refractivity contribution < 1.29 is 5.21 Å². The number of hydrogen-bond acceptors (Lipinski definition) is 4. The molecule has 0 atom stereocenters. The van der Waals surface area contributed by atoms with Gasteiger partial charge in [-0.15, -0.1) is 0 Å². The van der Waals surface area contributed by atoms with Crippen LogP contribution in [0.25, 0.3) is 0 Å². The van der Waals surface area contributed by atoms with Gasteiger partial charge in [0.15, 0.2) is 0 Å². The van der Waals surface area contributed by atoms with E-state index in [1.807, 2.05) is 42.5 Å². The molecule has 0 saturated carbocycles. The Morgan fingerprint density at radius 3 is 2.05 bits per heavy atom. The van der Waals surface area contributed by atoms with Gasteiger partial charge in [0, 0.05) is 43.0 Å². The average molecular weight is 295 g/mol. The number of nitrogens with zero attached hydrogens (tertiary/aromatic N) is 3. The average Bonchev–Trinajstić information content (AvgIpc) is 2.58. The Morgan fingerprint density at radius 2 is 1.45 bits per heavy atom. The highest BCUT2D eigenvalue weighted by Crippen LogP contribution is 2.19. The maximum atomic E-state index is 9.35. The van der Waals surface area contributed by atoms with Crippen LogP contribution in [0.3, 0.4) is 0 Å². The lowest BCUT2D eigenvalue weighted by atomic mass is 10.0. The van der Waals surface area contributed by atoms with Gasteiger partial charge in [0.2, 0.25) is 0 Å². The van der Waals surface area contributed by atoms with E-state index in [4.69, 9.17) is 0 Å². The van der Waals surface area contributed by atoms with Crippen LogP contribution in [0.5, 0.6) is 0 Å². The van der Waals surface area contributed by atoms with Crippen LogP contribution in [-0.2, 0) is 0 Å². The fraction of sp³-hybridized carbons (Fsp3) is 0.278. The minimum absolute atomic E-state index is 0.602. The lowest BCUT2D eigenvalue weighted by Crippen LogP contribution is -2.44. The molecule has 114 valence electrons. The fourth-order valence-electron chi connectivity index (χ4n) is 2.77. The summed E-state index contributed by atoms with van der Waals surface area (Å²) in [5, 5.41) is 12.8. The molecular formula is C18H21N3O. The van der Waals surface area contributed by atoms with Crippen LogP contribution in [-0.4, -0.2) is 49.0 Å². The third-order valence-corrected chi connectivity index (χ3v) is 4.16. The summed E-state index contributed by atoms with van der Waals surface area (Å²) in [4.78, 5) is 4.73. The lowest BCUT2D eigenvalue weighted by Gasteiger charge is -2.34. The fourth-order valence-corrected chi connectivity index (χ4v) is 2.77. The quantitative estimate of drug-likeness (QED) is 0.537. The van der Waals surface area contributed by atoms with Gasteiger partial charge in [-0.25, -0.2) is 0 Å². The Bertz CT molecular complexity index is 629. The molecule has 0 spiro atoms. The molecular weight excluding hydrogens is 274 g/mol. The predicted molar refractivity (Wildman–Crippen MR) is 90.0 cm³/mol. The number of benzene rings is 2. The summed E-state index contributed by atoms with van der Waals surface area (Å²) in [6.45, 7) is 4.29. The molecule has 1 N–H and O–H groups in total. The van der Waals surface area contributed by atoms with Crippen molar-refractivity contribution in [2.75, 3.05) is 38.1 Å². The van der Waals surface area contributed by atoms with Crippen molar-refractivity contribution in [2.24, 2.45) is 5.16 Å². The summed E-state index contributed by atoms with van der Waals surface area (Å²) in [7, 11) is 2.16. The highest BCUT2D eigenvalue weighted by atomic mass is 16.4. The number of likely N-dealkylation sites (N-methyl/N-ethyl adjacent to an activating group) is 1. The normalized spacial score (nSPS) is 16.8. The van der Waals surface area contributed by atoms with Crippen molar-refractivity contribution >= 4 is 11.4 Å². The molecule has 0 bridgehead atoms. The number of hydrogen-bond donors (Lipinski definition) is 1. The number of rotatable bonds is 3. The maximum absolute atomic E-state index is 9.35. The Morgan fingerprint density at radius 1 is 0.864 bits per heavy atom. The van der Waals surface area contributed by atoms with Gasteiger partial charge < -0.3 is 15.0 Å². The van der Waals surface area contributed by atoms with E-state index in [-0.39, 0.29) is 0 Å². The third-order valence-electron chi connectivity index (χ3n) is 4.16. The van der Waals surface area contributed by atoms with Gasteiger partial charge in [0.05, 0.1) is 0 Å². The number of anilines is 1. The van der Waals surface area contributed by atoms with Crippen LogP contribution in [0.15, 0.2) is 59.8 Å². The largest absolute Gasteiger partial charge is 0.410 e. The molecule has 0 unspecified atom stereocenters. The van der Waals surface area contributed by atoms with Crippen molar-refractivity contribution in [3.63, 3.8) is 0 Å². The first-order chi connectivity index (χ1) is 10.8. The van der Waals surface area contributed by atoms with Gasteiger partial charge in [-0.1, -0.05) is 47.6 Å². The van der Waals surface area contributed by atoms with E-state index in [1.54, 1.807) is 0 Å². The number of piperazine rings is 1. The Kier molecular flexibility index (Phi) is 4.39. The molecule has 2 aromatic rings. The summed E-state index contributed by atoms with van der Waals surface area (Å²) in [6.07, 6.45) is 0. The highest BCUT2D eigenvalue weighted by Gasteiger charge is 2.14. The summed E-state index contributed by atoms with van der Waals surface area (Å²) in [6, 6.07) is 18.0. The van der Waals surface area contributed by atoms with Crippen LogP contribution in [0.1, 0.15) is 11.1 Å². The molecule has 0 aliphatic carbocycles. The predicted octanol–water partition coefficient (Wildman–Crippen LogP) is 2.67. The van der Waals surface area contributed by atoms with Gasteiger partial charge >= 0.3 is 0 Å². The summed E-state index contributed by atoms with van der Waals surface area (Å²) in [5.74, 6) is 0. The second kappa shape index (κ2) is 6.62. The SMILES string of the molecule is CN1CCN(c2ccc(/C(=N/O)c3ccccc3)cc2)CC1. The van der Waals surface area contributed by atoms with Crippen LogP contribution >= 0.6 is 0 Å². The van der Waals surface area contributed by atoms with E-state index < -0.39 is 0 Å². The van der Waals surface area contributed by atoms with Crippen molar-refractivity contribution in [2.45, 2.75) is 0 Å². The molecule has 4 nitrogen and oxygen atoms in total. The smallest absolute Gasteiger partial charge is 0.117 e. The standard InChI is InChI=1S/C18H21N3O/c1-20-11-13-21(14-12-20)17-9-7-16(8-10-17)18(19-22)15-5-3-2-4-6-15/h2-10,22H,11-14H2,1H3/b19-18+. The van der Waals surface area contributed by atoms with E-state index in [1.165, 1.54) is 5.69 Å². The Labute approximate surface area is 131 Å². The lowest BCUT2D eigenvalue weighted by molar-refractivity contribution is 0.313. The summed E-state index contributed by atoms with van der Waals surface area (Å²) >= 11 is 0. The first-order valence-electron chi connectivity index (χ1n) is 7.59. The molecule has 0 radical (unpaired) electrons. The molecule has 1 fully saturated rings. The molecule has 0 amide bonds. The van der Waals surface area contributed by atoms with Crippen molar-refractivity contribution in [3.05, 3.63) is 65.7 Å². The molecule has 4 heteroatoms. The summed E-state index contributed by atoms with van der Waals surface area (Å²) < 4.78 is 0. The Balaban J connectivity index is 1.79. The molecule has 1 saturated heterocycles. The van der Waals surface area contributed by atoms with E-state index in [9.17, 15) is 5.21 Å². The molecule has 1 aliphatic rings. The van der Waals surface area contributed by atoms with E-state index in [0.29, 0.717) is 5.71 Å². The second-order valence-corrected chi connectivity index (χ2v) is 5.65. The van der Waals surface area contributed by atoms with Crippen LogP contribution in [0.2, 0.25) is 0 Å². The van der Waals surface area contributed by atoms with Crippen molar-refractivity contribution in [3.8, 4) is 0 Å². The molecule has 2 aromatic carbocycles. The maximum Gasteiger partial charge on any atom is 0.117 e. The van der Waals surface area contributed by atoms with Gasteiger partial charge in [-0.05, 0) is 19.2 Å². The van der Waals surface area contributed by atoms with Gasteiger partial charge in [-0.2, -0.15) is 0 Å². The number of oxime groups is 1. The second-order valence-electron chi connectivity index (χ2n) is 5.65. The highest BCUT2D eigenvalue weighted by molar-refractivity contribution is 6.12. The van der Waals surface area contributed by atoms with Gasteiger partial charge in [0.1, 0.15) is 5.71 Å². The topological polar surface area (TPSA) is 39.1 Å². The minimum atomic E-state index is 0.602. The molecule has 3 rings (SSSR count). The van der Waals surface area contributed by atoms with Crippen LogP contribution in [0, 0.1) is 0 Å².